The maximum absolute atomic E-state index is 5.74. The molecule has 0 N–H and O–H groups in total. The van der Waals surface area contributed by atoms with E-state index in [1.807, 2.05) is 6.07 Å². The third-order valence-electron chi connectivity index (χ3n) is 3.12. The molecule has 3 nitrogen and oxygen atoms in total. The van der Waals surface area contributed by atoms with Crippen LogP contribution in [0.15, 0.2) is 30.5 Å². The molecule has 0 aliphatic heterocycles. The zero-order valence-electron chi connectivity index (χ0n) is 12.6. The predicted molar refractivity (Wildman–Crippen MR) is 85.5 cm³/mol. The summed E-state index contributed by atoms with van der Waals surface area (Å²) in [6.07, 6.45) is 1.80. The molecule has 0 aliphatic rings. The molecule has 1 aromatic carbocycles. The first-order valence-electron chi connectivity index (χ1n) is 7.29. The Hall–Kier alpha value is -1.55. The topological polar surface area (TPSA) is 31.4 Å². The van der Waals surface area contributed by atoms with Crippen molar-refractivity contribution in [2.75, 3.05) is 19.8 Å². The second kappa shape index (κ2) is 7.29. The van der Waals surface area contributed by atoms with Crippen molar-refractivity contribution in [3.63, 3.8) is 0 Å². The lowest BCUT2D eigenvalue weighted by molar-refractivity contribution is 0.0811. The molecule has 0 bridgehead atoms. The van der Waals surface area contributed by atoms with Gasteiger partial charge in [-0.2, -0.15) is 0 Å². The van der Waals surface area contributed by atoms with Crippen LogP contribution in [0.1, 0.15) is 13.8 Å². The summed E-state index contributed by atoms with van der Waals surface area (Å²) >= 11 is 0. The van der Waals surface area contributed by atoms with E-state index in [0.29, 0.717) is 25.0 Å². The van der Waals surface area contributed by atoms with Gasteiger partial charge in [0.2, 0.25) is 5.88 Å². The van der Waals surface area contributed by atoms with Crippen LogP contribution in [0, 0.1) is 5.92 Å². The maximum Gasteiger partial charge on any atom is 0.221 e. The van der Waals surface area contributed by atoms with E-state index < -0.39 is 0 Å². The molecule has 0 radical (unpaired) electrons. The van der Waals surface area contributed by atoms with E-state index in [1.165, 1.54) is 10.8 Å². The van der Waals surface area contributed by atoms with Crippen molar-refractivity contribution >= 4 is 23.5 Å². The van der Waals surface area contributed by atoms with Gasteiger partial charge in [-0.1, -0.05) is 38.3 Å². The highest BCUT2D eigenvalue weighted by Gasteiger charge is 2.04. The lowest BCUT2D eigenvalue weighted by atomic mass is 9.73. The highest BCUT2D eigenvalue weighted by molar-refractivity contribution is 6.52. The number of fused-ring (bicyclic) bond motifs is 1. The average Bonchev–Trinajstić information content (AvgIpc) is 2.46. The summed E-state index contributed by atoms with van der Waals surface area (Å²) in [5.74, 6) is 1.25. The average molecular weight is 271 g/mol. The normalized spacial score (nSPS) is 11.0. The molecular weight excluding hydrogens is 249 g/mol. The number of ether oxygens (including phenoxy) is 2. The van der Waals surface area contributed by atoms with Gasteiger partial charge in [-0.15, -0.1) is 0 Å². The Morgan fingerprint density at radius 3 is 2.80 bits per heavy atom. The molecule has 106 valence electrons. The monoisotopic (exact) mass is 271 g/mol. The summed E-state index contributed by atoms with van der Waals surface area (Å²) in [4.78, 5) is 4.32. The molecule has 2 aromatic rings. The first-order valence-corrected chi connectivity index (χ1v) is 7.29. The van der Waals surface area contributed by atoms with Gasteiger partial charge < -0.3 is 9.47 Å². The minimum Gasteiger partial charge on any atom is -0.475 e. The van der Waals surface area contributed by atoms with Crippen molar-refractivity contribution in [2.24, 2.45) is 5.92 Å². The molecule has 2 rings (SSSR count). The molecule has 0 saturated heterocycles. The molecule has 0 fully saturated rings. The van der Waals surface area contributed by atoms with Crippen LogP contribution in [0.3, 0.4) is 0 Å². The summed E-state index contributed by atoms with van der Waals surface area (Å²) < 4.78 is 11.3. The van der Waals surface area contributed by atoms with Crippen LogP contribution in [-0.4, -0.2) is 32.1 Å². The Labute approximate surface area is 121 Å². The molecule has 1 aromatic heterocycles. The van der Waals surface area contributed by atoms with Crippen LogP contribution in [-0.2, 0) is 4.74 Å². The zero-order valence-corrected chi connectivity index (χ0v) is 12.6. The molecule has 0 aliphatic carbocycles. The molecule has 1 heterocycles. The van der Waals surface area contributed by atoms with Crippen LogP contribution in [0.25, 0.3) is 10.8 Å². The van der Waals surface area contributed by atoms with E-state index in [2.05, 4.69) is 43.9 Å². The van der Waals surface area contributed by atoms with Gasteiger partial charge in [0.15, 0.2) is 7.28 Å². The van der Waals surface area contributed by atoms with Gasteiger partial charge in [0, 0.05) is 18.2 Å². The van der Waals surface area contributed by atoms with E-state index in [1.54, 1.807) is 6.20 Å². The Balaban J connectivity index is 1.99. The van der Waals surface area contributed by atoms with Gasteiger partial charge in [0.1, 0.15) is 6.61 Å². The SMILES string of the molecule is CBc1ccc2c(OCCOCC(C)C)nccc2c1. The van der Waals surface area contributed by atoms with Crippen LogP contribution >= 0.6 is 0 Å². The molecule has 20 heavy (non-hydrogen) atoms. The van der Waals surface area contributed by atoms with Crippen molar-refractivity contribution in [2.45, 2.75) is 20.7 Å². The lowest BCUT2D eigenvalue weighted by Crippen LogP contribution is -2.12. The number of hydrogen-bond donors (Lipinski definition) is 0. The number of benzene rings is 1. The van der Waals surface area contributed by atoms with E-state index in [-0.39, 0.29) is 0 Å². The fourth-order valence-corrected chi connectivity index (χ4v) is 2.05. The van der Waals surface area contributed by atoms with Crippen LogP contribution in [0.2, 0.25) is 6.82 Å². The Morgan fingerprint density at radius 1 is 1.20 bits per heavy atom. The van der Waals surface area contributed by atoms with Gasteiger partial charge in [-0.25, -0.2) is 4.98 Å². The summed E-state index contributed by atoms with van der Waals surface area (Å²) in [5, 5.41) is 2.24. The second-order valence-corrected chi connectivity index (χ2v) is 5.34. The number of hydrogen-bond acceptors (Lipinski definition) is 3. The fourth-order valence-electron chi connectivity index (χ4n) is 2.05. The standard InChI is InChI=1S/C16H22BNO2/c1-12(2)11-19-8-9-20-16-15-5-4-14(17-3)10-13(15)6-7-18-16/h4-7,10,12,17H,8-9,11H2,1-3H3. The van der Waals surface area contributed by atoms with E-state index in [9.17, 15) is 0 Å². The van der Waals surface area contributed by atoms with E-state index >= 15 is 0 Å². The third-order valence-corrected chi connectivity index (χ3v) is 3.12. The molecule has 0 atom stereocenters. The predicted octanol–water partition coefficient (Wildman–Crippen LogP) is 2.40. The second-order valence-electron chi connectivity index (χ2n) is 5.34. The number of aromatic nitrogens is 1. The molecule has 4 heteroatoms. The highest BCUT2D eigenvalue weighted by atomic mass is 16.5. The first-order chi connectivity index (χ1) is 9.70. The van der Waals surface area contributed by atoms with Gasteiger partial charge in [-0.3, -0.25) is 0 Å². The molecule has 0 unspecified atom stereocenters. The summed E-state index contributed by atoms with van der Waals surface area (Å²) in [7, 11) is 1.04. The number of nitrogens with zero attached hydrogens (tertiary/aromatic N) is 1. The van der Waals surface area contributed by atoms with Gasteiger partial charge in [0.05, 0.1) is 6.61 Å². The van der Waals surface area contributed by atoms with Crippen molar-refractivity contribution in [3.8, 4) is 5.88 Å². The quantitative estimate of drug-likeness (QED) is 0.572. The van der Waals surface area contributed by atoms with Gasteiger partial charge in [-0.05, 0) is 23.4 Å². The van der Waals surface area contributed by atoms with Crippen molar-refractivity contribution in [1.29, 1.82) is 0 Å². The maximum atomic E-state index is 5.74. The van der Waals surface area contributed by atoms with Crippen molar-refractivity contribution in [3.05, 3.63) is 30.5 Å². The highest BCUT2D eigenvalue weighted by Crippen LogP contribution is 2.21. The van der Waals surface area contributed by atoms with Crippen LogP contribution < -0.4 is 10.2 Å². The molecule has 0 spiro atoms. The van der Waals surface area contributed by atoms with Crippen molar-refractivity contribution in [1.82, 2.24) is 4.98 Å². The minimum atomic E-state index is 0.536. The Morgan fingerprint density at radius 2 is 2.05 bits per heavy atom. The number of pyridine rings is 1. The zero-order chi connectivity index (χ0) is 14.4. The number of rotatable bonds is 7. The third kappa shape index (κ3) is 3.97. The smallest absolute Gasteiger partial charge is 0.221 e. The van der Waals surface area contributed by atoms with Gasteiger partial charge in [0.25, 0.3) is 0 Å². The molecular formula is C16H22BNO2. The van der Waals surface area contributed by atoms with Crippen molar-refractivity contribution < 1.29 is 9.47 Å². The lowest BCUT2D eigenvalue weighted by Gasteiger charge is -2.10. The summed E-state index contributed by atoms with van der Waals surface area (Å²) in [5.41, 5.74) is 1.33. The Kier molecular flexibility index (Phi) is 5.42. The summed E-state index contributed by atoms with van der Waals surface area (Å²) in [6.45, 7) is 8.34. The van der Waals surface area contributed by atoms with Crippen LogP contribution in [0.5, 0.6) is 5.88 Å². The largest absolute Gasteiger partial charge is 0.475 e. The first kappa shape index (κ1) is 14.9. The van der Waals surface area contributed by atoms with Crippen LogP contribution in [0.4, 0.5) is 0 Å². The fraction of sp³-hybridized carbons (Fsp3) is 0.438. The van der Waals surface area contributed by atoms with E-state index in [4.69, 9.17) is 9.47 Å². The van der Waals surface area contributed by atoms with Gasteiger partial charge >= 0.3 is 0 Å². The minimum absolute atomic E-state index is 0.536. The Bertz CT molecular complexity index is 557. The van der Waals surface area contributed by atoms with E-state index in [0.717, 1.165) is 19.3 Å². The summed E-state index contributed by atoms with van der Waals surface area (Å²) in [6, 6.07) is 8.44. The molecule has 0 saturated carbocycles. The molecule has 0 amide bonds.